The second kappa shape index (κ2) is 9.04. The van der Waals surface area contributed by atoms with Crippen LogP contribution in [0.3, 0.4) is 0 Å². The summed E-state index contributed by atoms with van der Waals surface area (Å²) in [5.41, 5.74) is 2.49. The minimum Gasteiger partial charge on any atom is -0.343 e. The van der Waals surface area contributed by atoms with Gasteiger partial charge in [0.25, 0.3) is 11.8 Å². The van der Waals surface area contributed by atoms with Crippen LogP contribution in [-0.4, -0.2) is 35.3 Å². The molecule has 30 heavy (non-hydrogen) atoms. The fourth-order valence-corrected chi connectivity index (χ4v) is 3.17. The van der Waals surface area contributed by atoms with Gasteiger partial charge < -0.3 is 10.6 Å². The summed E-state index contributed by atoms with van der Waals surface area (Å²) in [4.78, 5) is 49.3. The van der Waals surface area contributed by atoms with Gasteiger partial charge in [0.05, 0.1) is 6.54 Å². The van der Waals surface area contributed by atoms with Gasteiger partial charge in [-0.25, -0.2) is 4.79 Å². The lowest BCUT2D eigenvalue weighted by atomic mass is 9.87. The molecule has 0 aromatic heterocycles. The molecule has 1 heterocycles. The van der Waals surface area contributed by atoms with Crippen molar-refractivity contribution < 1.29 is 19.2 Å². The van der Waals surface area contributed by atoms with Gasteiger partial charge in [0.1, 0.15) is 5.54 Å². The van der Waals surface area contributed by atoms with E-state index in [1.165, 1.54) is 6.08 Å². The number of carbonyl (C=O) groups excluding carboxylic acids is 4. The van der Waals surface area contributed by atoms with E-state index in [4.69, 9.17) is 0 Å². The lowest BCUT2D eigenvalue weighted by molar-refractivity contribution is -0.139. The lowest BCUT2D eigenvalue weighted by Gasteiger charge is -2.25. The molecular weight excluding hydrogens is 384 g/mol. The monoisotopic (exact) mass is 406 g/mol. The molecule has 0 spiro atoms. The quantitative estimate of drug-likeness (QED) is 0.480. The molecule has 1 saturated heterocycles. The van der Waals surface area contributed by atoms with Crippen LogP contribution in [-0.2, 0) is 19.9 Å². The predicted octanol–water partition coefficient (Wildman–Crippen LogP) is 1.70. The van der Waals surface area contributed by atoms with Gasteiger partial charge in [-0.2, -0.15) is 5.01 Å². The van der Waals surface area contributed by atoms with E-state index in [9.17, 15) is 19.2 Å². The first-order chi connectivity index (χ1) is 14.5. The molecular formula is C22H22N4O4. The summed E-state index contributed by atoms with van der Waals surface area (Å²) in [6.45, 7) is 1.38. The Labute approximate surface area is 173 Å². The van der Waals surface area contributed by atoms with Crippen molar-refractivity contribution in [3.05, 3.63) is 77.9 Å². The van der Waals surface area contributed by atoms with Gasteiger partial charge in [-0.3, -0.25) is 19.8 Å². The minimum absolute atomic E-state index is 0.314. The van der Waals surface area contributed by atoms with Crippen molar-refractivity contribution in [3.8, 4) is 0 Å². The van der Waals surface area contributed by atoms with Gasteiger partial charge in [-0.05, 0) is 23.6 Å². The summed E-state index contributed by atoms with van der Waals surface area (Å²) in [5, 5.41) is 5.74. The standard InChI is InChI=1S/C22H22N4O4/c1-2-22(17-11-7-4-8-12-17)20(29)26(21(30)24-22)25-19(28)15-23-18(27)14-13-16-9-5-3-6-10-16/h3-14H,2,15H2,1H3,(H,23,27)(H,24,30)(H,25,28)/b14-13+/t22-/m1/s1. The molecule has 0 radical (unpaired) electrons. The second-order valence-electron chi connectivity index (χ2n) is 6.69. The van der Waals surface area contributed by atoms with Crippen molar-refractivity contribution in [2.24, 2.45) is 0 Å². The highest BCUT2D eigenvalue weighted by molar-refractivity contribution is 6.08. The van der Waals surface area contributed by atoms with Gasteiger partial charge in [-0.15, -0.1) is 0 Å². The Hall–Kier alpha value is -3.94. The Morgan fingerprint density at radius 2 is 1.67 bits per heavy atom. The fraction of sp³-hybridized carbons (Fsp3) is 0.182. The topological polar surface area (TPSA) is 108 Å². The zero-order valence-corrected chi connectivity index (χ0v) is 16.4. The Balaban J connectivity index is 1.58. The van der Waals surface area contributed by atoms with Gasteiger partial charge in [0, 0.05) is 6.08 Å². The molecule has 8 heteroatoms. The normalized spacial score (nSPS) is 18.4. The zero-order chi connectivity index (χ0) is 21.6. The third-order valence-electron chi connectivity index (χ3n) is 4.77. The van der Waals surface area contributed by atoms with Gasteiger partial charge in [0.2, 0.25) is 5.91 Å². The van der Waals surface area contributed by atoms with Crippen molar-refractivity contribution in [2.75, 3.05) is 6.54 Å². The molecule has 0 bridgehead atoms. The molecule has 3 N–H and O–H groups in total. The lowest BCUT2D eigenvalue weighted by Crippen LogP contribution is -2.51. The van der Waals surface area contributed by atoms with Crippen molar-refractivity contribution in [1.29, 1.82) is 0 Å². The van der Waals surface area contributed by atoms with E-state index in [1.54, 1.807) is 37.3 Å². The number of amides is 5. The highest BCUT2D eigenvalue weighted by atomic mass is 16.2. The number of hydrogen-bond acceptors (Lipinski definition) is 4. The minimum atomic E-state index is -1.24. The molecule has 0 unspecified atom stereocenters. The maximum absolute atomic E-state index is 12.9. The molecule has 5 amide bonds. The van der Waals surface area contributed by atoms with E-state index in [-0.39, 0.29) is 6.54 Å². The first-order valence-corrected chi connectivity index (χ1v) is 9.49. The number of hydrazine groups is 1. The molecule has 0 aliphatic carbocycles. The number of nitrogens with one attached hydrogen (secondary N) is 3. The fourth-order valence-electron chi connectivity index (χ4n) is 3.17. The number of benzene rings is 2. The average Bonchev–Trinajstić information content (AvgIpc) is 3.02. The Kier molecular flexibility index (Phi) is 6.26. The highest BCUT2D eigenvalue weighted by Crippen LogP contribution is 2.31. The smallest absolute Gasteiger partial charge is 0.343 e. The second-order valence-corrected chi connectivity index (χ2v) is 6.69. The molecule has 0 saturated carbocycles. The van der Waals surface area contributed by atoms with Crippen LogP contribution in [0.2, 0.25) is 0 Å². The molecule has 1 atom stereocenters. The first-order valence-electron chi connectivity index (χ1n) is 9.49. The largest absolute Gasteiger partial charge is 0.344 e. The number of hydrogen-bond donors (Lipinski definition) is 3. The molecule has 1 aliphatic heterocycles. The van der Waals surface area contributed by atoms with Crippen LogP contribution < -0.4 is 16.1 Å². The number of urea groups is 1. The van der Waals surface area contributed by atoms with E-state index in [0.717, 1.165) is 5.56 Å². The number of carbonyl (C=O) groups is 4. The summed E-state index contributed by atoms with van der Waals surface area (Å²) in [6, 6.07) is 17.3. The van der Waals surface area contributed by atoms with Crippen LogP contribution in [0.25, 0.3) is 6.08 Å². The van der Waals surface area contributed by atoms with E-state index in [1.807, 2.05) is 36.4 Å². The molecule has 2 aromatic carbocycles. The van der Waals surface area contributed by atoms with Crippen LogP contribution in [0.4, 0.5) is 4.79 Å². The van der Waals surface area contributed by atoms with Crippen molar-refractivity contribution >= 4 is 29.8 Å². The third-order valence-corrected chi connectivity index (χ3v) is 4.77. The van der Waals surface area contributed by atoms with Crippen molar-refractivity contribution in [3.63, 3.8) is 0 Å². The molecule has 8 nitrogen and oxygen atoms in total. The maximum Gasteiger partial charge on any atom is 0.344 e. The SMILES string of the molecule is CC[C@]1(c2ccccc2)NC(=O)N(NC(=O)CNC(=O)/C=C/c2ccccc2)C1=O. The Morgan fingerprint density at radius 3 is 2.30 bits per heavy atom. The molecule has 3 rings (SSSR count). The third kappa shape index (κ3) is 4.38. The number of imide groups is 1. The number of rotatable bonds is 7. The first kappa shape index (κ1) is 20.8. The zero-order valence-electron chi connectivity index (χ0n) is 16.4. The summed E-state index contributed by atoms with van der Waals surface area (Å²) >= 11 is 0. The summed E-state index contributed by atoms with van der Waals surface area (Å²) in [7, 11) is 0. The van der Waals surface area contributed by atoms with Crippen molar-refractivity contribution in [2.45, 2.75) is 18.9 Å². The maximum atomic E-state index is 12.9. The molecule has 1 aliphatic rings. The predicted molar refractivity (Wildman–Crippen MR) is 110 cm³/mol. The van der Waals surface area contributed by atoms with Crippen LogP contribution >= 0.6 is 0 Å². The summed E-state index contributed by atoms with van der Waals surface area (Å²) in [5.74, 6) is -1.75. The Morgan fingerprint density at radius 1 is 1.03 bits per heavy atom. The average molecular weight is 406 g/mol. The number of nitrogens with zero attached hydrogens (tertiary/aromatic N) is 1. The summed E-state index contributed by atoms with van der Waals surface area (Å²) in [6.07, 6.45) is 3.23. The van der Waals surface area contributed by atoms with Gasteiger partial charge in [0.15, 0.2) is 0 Å². The van der Waals surface area contributed by atoms with E-state index >= 15 is 0 Å². The van der Waals surface area contributed by atoms with Crippen LogP contribution in [0.1, 0.15) is 24.5 Å². The molecule has 2 aromatic rings. The van der Waals surface area contributed by atoms with E-state index in [2.05, 4.69) is 16.1 Å². The summed E-state index contributed by atoms with van der Waals surface area (Å²) < 4.78 is 0. The van der Waals surface area contributed by atoms with Gasteiger partial charge >= 0.3 is 6.03 Å². The van der Waals surface area contributed by atoms with Crippen LogP contribution in [0.5, 0.6) is 0 Å². The molecule has 154 valence electrons. The van der Waals surface area contributed by atoms with Gasteiger partial charge in [-0.1, -0.05) is 67.6 Å². The van der Waals surface area contributed by atoms with Crippen LogP contribution in [0.15, 0.2) is 66.7 Å². The molecule has 1 fully saturated rings. The van der Waals surface area contributed by atoms with E-state index < -0.39 is 29.3 Å². The highest BCUT2D eigenvalue weighted by Gasteiger charge is 2.52. The van der Waals surface area contributed by atoms with E-state index in [0.29, 0.717) is 17.0 Å². The van der Waals surface area contributed by atoms with Crippen molar-refractivity contribution in [1.82, 2.24) is 21.1 Å². The van der Waals surface area contributed by atoms with Crippen LogP contribution in [0, 0.1) is 0 Å². The Bertz CT molecular complexity index is 975.